The van der Waals surface area contributed by atoms with Crippen molar-refractivity contribution in [3.8, 4) is 0 Å². The third-order valence-corrected chi connectivity index (χ3v) is 4.26. The number of carboxylic acid groups (broad SMARTS) is 1. The average Bonchev–Trinajstić information content (AvgIpc) is 2.48. The monoisotopic (exact) mass is 290 g/mol. The van der Waals surface area contributed by atoms with Crippen LogP contribution in [0.2, 0.25) is 0 Å². The molecule has 1 aliphatic heterocycles. The Kier molecular flexibility index (Phi) is 4.32. The molecule has 5 heteroatoms. The van der Waals surface area contributed by atoms with Crippen molar-refractivity contribution in [2.75, 3.05) is 6.54 Å². The minimum Gasteiger partial charge on any atom is -0.479 e. The minimum absolute atomic E-state index is 0.268. The van der Waals surface area contributed by atoms with Crippen molar-refractivity contribution >= 4 is 11.9 Å². The predicted octanol–water partition coefficient (Wildman–Crippen LogP) is 1.63. The van der Waals surface area contributed by atoms with Gasteiger partial charge in [0.1, 0.15) is 0 Å². The highest BCUT2D eigenvalue weighted by atomic mass is 16.4. The molecule has 21 heavy (non-hydrogen) atoms. The average molecular weight is 290 g/mol. The number of aliphatic carboxylic acids is 1. The number of rotatable bonds is 4. The lowest BCUT2D eigenvalue weighted by Crippen LogP contribution is -2.62. The summed E-state index contributed by atoms with van der Waals surface area (Å²) in [5.74, 6) is -1.34. The van der Waals surface area contributed by atoms with E-state index in [2.05, 4.69) is 10.6 Å². The molecule has 1 fully saturated rings. The van der Waals surface area contributed by atoms with Gasteiger partial charge in [-0.25, -0.2) is 4.79 Å². The number of hydrogen-bond acceptors (Lipinski definition) is 3. The molecular formula is C16H22N2O3. The van der Waals surface area contributed by atoms with E-state index in [9.17, 15) is 14.7 Å². The molecule has 0 aliphatic carbocycles. The van der Waals surface area contributed by atoms with Crippen LogP contribution >= 0.6 is 0 Å². The fraction of sp³-hybridized carbons (Fsp3) is 0.500. The molecule has 3 N–H and O–H groups in total. The Bertz CT molecular complexity index is 524. The van der Waals surface area contributed by atoms with E-state index >= 15 is 0 Å². The molecule has 1 saturated heterocycles. The maximum Gasteiger partial charge on any atom is 0.333 e. The summed E-state index contributed by atoms with van der Waals surface area (Å²) in [7, 11) is 0. The Hall–Kier alpha value is -1.88. The number of amides is 1. The van der Waals surface area contributed by atoms with E-state index in [0.717, 1.165) is 19.4 Å². The van der Waals surface area contributed by atoms with Gasteiger partial charge < -0.3 is 15.7 Å². The second kappa shape index (κ2) is 5.85. The fourth-order valence-electron chi connectivity index (χ4n) is 2.64. The summed E-state index contributed by atoms with van der Waals surface area (Å²) in [6.07, 6.45) is 2.72. The van der Waals surface area contributed by atoms with Crippen molar-refractivity contribution in [2.24, 2.45) is 0 Å². The first-order valence-corrected chi connectivity index (χ1v) is 7.25. The van der Waals surface area contributed by atoms with Crippen LogP contribution < -0.4 is 10.6 Å². The quantitative estimate of drug-likeness (QED) is 0.787. The molecule has 2 rings (SSSR count). The van der Waals surface area contributed by atoms with Crippen LogP contribution in [-0.4, -0.2) is 29.1 Å². The molecule has 0 bridgehead atoms. The maximum absolute atomic E-state index is 12.6. The van der Waals surface area contributed by atoms with Crippen LogP contribution in [0.25, 0.3) is 0 Å². The normalized spacial score (nSPS) is 24.9. The number of benzene rings is 1. The van der Waals surface area contributed by atoms with Gasteiger partial charge >= 0.3 is 5.97 Å². The summed E-state index contributed by atoms with van der Waals surface area (Å²) in [5, 5.41) is 15.5. The van der Waals surface area contributed by atoms with Gasteiger partial charge in [-0.2, -0.15) is 0 Å². The summed E-state index contributed by atoms with van der Waals surface area (Å²) in [4.78, 5) is 24.3. The first-order valence-electron chi connectivity index (χ1n) is 7.25. The van der Waals surface area contributed by atoms with Gasteiger partial charge in [0.05, 0.1) is 5.54 Å². The second-order valence-electron chi connectivity index (χ2n) is 5.97. The van der Waals surface area contributed by atoms with E-state index in [4.69, 9.17) is 0 Å². The predicted molar refractivity (Wildman–Crippen MR) is 79.8 cm³/mol. The highest BCUT2D eigenvalue weighted by Gasteiger charge is 2.42. The summed E-state index contributed by atoms with van der Waals surface area (Å²) < 4.78 is 0. The molecule has 1 aromatic rings. The molecule has 2 unspecified atom stereocenters. The summed E-state index contributed by atoms with van der Waals surface area (Å²) in [6.45, 7) is 4.13. The molecule has 0 spiro atoms. The Morgan fingerprint density at radius 2 is 1.95 bits per heavy atom. The Morgan fingerprint density at radius 1 is 1.29 bits per heavy atom. The van der Waals surface area contributed by atoms with Gasteiger partial charge in [-0.05, 0) is 45.2 Å². The summed E-state index contributed by atoms with van der Waals surface area (Å²) in [5.41, 5.74) is -1.57. The standard InChI is InChI=1S/C16H22N2O3/c1-15(10-6-7-11-17-15)13(19)18-16(2,14(20)21)12-8-4-3-5-9-12/h3-5,8-9,17H,6-7,10-11H2,1-2H3,(H,18,19)(H,20,21). The van der Waals surface area contributed by atoms with Gasteiger partial charge in [-0.3, -0.25) is 4.79 Å². The molecule has 0 aromatic heterocycles. The highest BCUT2D eigenvalue weighted by molar-refractivity contribution is 5.92. The van der Waals surface area contributed by atoms with Crippen LogP contribution in [0, 0.1) is 0 Å². The van der Waals surface area contributed by atoms with Crippen molar-refractivity contribution in [1.29, 1.82) is 0 Å². The van der Waals surface area contributed by atoms with Crippen LogP contribution in [0.5, 0.6) is 0 Å². The van der Waals surface area contributed by atoms with E-state index in [1.165, 1.54) is 6.92 Å². The number of hydrogen-bond donors (Lipinski definition) is 3. The molecule has 2 atom stereocenters. The first-order chi connectivity index (χ1) is 9.88. The zero-order valence-corrected chi connectivity index (χ0v) is 12.5. The van der Waals surface area contributed by atoms with E-state index in [1.807, 2.05) is 13.0 Å². The van der Waals surface area contributed by atoms with Gasteiger partial charge in [-0.1, -0.05) is 30.3 Å². The van der Waals surface area contributed by atoms with Crippen LogP contribution in [0.4, 0.5) is 0 Å². The van der Waals surface area contributed by atoms with Gasteiger partial charge in [0.2, 0.25) is 5.91 Å². The molecule has 114 valence electrons. The Labute approximate surface area is 124 Å². The van der Waals surface area contributed by atoms with Crippen molar-refractivity contribution in [3.05, 3.63) is 35.9 Å². The van der Waals surface area contributed by atoms with Crippen LogP contribution in [-0.2, 0) is 15.1 Å². The number of piperidine rings is 1. The minimum atomic E-state index is -1.43. The molecule has 1 aromatic carbocycles. The van der Waals surface area contributed by atoms with Crippen LogP contribution in [0.3, 0.4) is 0 Å². The lowest BCUT2D eigenvalue weighted by atomic mass is 9.86. The maximum atomic E-state index is 12.6. The third-order valence-electron chi connectivity index (χ3n) is 4.26. The first kappa shape index (κ1) is 15.5. The van der Waals surface area contributed by atoms with E-state index in [1.54, 1.807) is 24.3 Å². The zero-order chi connectivity index (χ0) is 15.5. The Morgan fingerprint density at radius 3 is 2.48 bits per heavy atom. The van der Waals surface area contributed by atoms with Crippen LogP contribution in [0.15, 0.2) is 30.3 Å². The van der Waals surface area contributed by atoms with E-state index in [0.29, 0.717) is 12.0 Å². The number of nitrogens with one attached hydrogen (secondary N) is 2. The topological polar surface area (TPSA) is 78.4 Å². The number of carbonyl (C=O) groups is 2. The van der Waals surface area contributed by atoms with Gasteiger partial charge in [0.15, 0.2) is 5.54 Å². The highest BCUT2D eigenvalue weighted by Crippen LogP contribution is 2.25. The molecule has 1 aliphatic rings. The molecular weight excluding hydrogens is 268 g/mol. The number of carbonyl (C=O) groups excluding carboxylic acids is 1. The largest absolute Gasteiger partial charge is 0.479 e. The third kappa shape index (κ3) is 3.08. The van der Waals surface area contributed by atoms with Gasteiger partial charge in [0.25, 0.3) is 0 Å². The SMILES string of the molecule is CC1(C(=O)NC(C)(C(=O)O)c2ccccc2)CCCCN1. The molecule has 0 saturated carbocycles. The van der Waals surface area contributed by atoms with Crippen LogP contribution in [0.1, 0.15) is 38.7 Å². The molecule has 5 nitrogen and oxygen atoms in total. The van der Waals surface area contributed by atoms with Crippen molar-refractivity contribution < 1.29 is 14.7 Å². The van der Waals surface area contributed by atoms with E-state index < -0.39 is 17.0 Å². The Balaban J connectivity index is 2.24. The molecule has 0 radical (unpaired) electrons. The van der Waals surface area contributed by atoms with Crippen molar-refractivity contribution in [3.63, 3.8) is 0 Å². The van der Waals surface area contributed by atoms with Crippen molar-refractivity contribution in [2.45, 2.75) is 44.2 Å². The fourth-order valence-corrected chi connectivity index (χ4v) is 2.64. The lowest BCUT2D eigenvalue weighted by Gasteiger charge is -2.37. The van der Waals surface area contributed by atoms with Gasteiger partial charge in [-0.15, -0.1) is 0 Å². The number of carboxylic acids is 1. The summed E-state index contributed by atoms with van der Waals surface area (Å²) in [6, 6.07) is 8.78. The molecule has 1 heterocycles. The smallest absolute Gasteiger partial charge is 0.333 e. The zero-order valence-electron chi connectivity index (χ0n) is 12.5. The second-order valence-corrected chi connectivity index (χ2v) is 5.97. The lowest BCUT2D eigenvalue weighted by molar-refractivity contribution is -0.148. The van der Waals surface area contributed by atoms with E-state index in [-0.39, 0.29) is 5.91 Å². The molecule has 1 amide bonds. The van der Waals surface area contributed by atoms with Crippen molar-refractivity contribution in [1.82, 2.24) is 10.6 Å². The van der Waals surface area contributed by atoms with Gasteiger partial charge in [0, 0.05) is 0 Å². The summed E-state index contributed by atoms with van der Waals surface area (Å²) >= 11 is 0.